The molecule has 0 aliphatic carbocycles. The number of fused-ring (bicyclic) bond motifs is 1. The van der Waals surface area contributed by atoms with E-state index < -0.39 is 31.8 Å². The molecule has 0 unspecified atom stereocenters. The zero-order valence-corrected chi connectivity index (χ0v) is 24.8. The fraction of sp³-hybridized carbons (Fsp3) is 0.310. The molecule has 1 atom stereocenters. The Morgan fingerprint density at radius 1 is 1.12 bits per heavy atom. The molecule has 0 spiro atoms. The Morgan fingerprint density at radius 2 is 1.88 bits per heavy atom. The number of amides is 1. The summed E-state index contributed by atoms with van der Waals surface area (Å²) in [5, 5.41) is 3.04. The molecule has 13 heteroatoms. The van der Waals surface area contributed by atoms with Gasteiger partial charge in [0.15, 0.2) is 0 Å². The maximum Gasteiger partial charge on any atom is 0.255 e. The standard InChI is InChI=1S/C29H31FN4O6S2/c1-3-41(36,37)33-25-16-26-24(27(29(35)31-2)28(40-26)19-9-11-21(30)12-10-19)15-23(25)20-7-6-14-34(17-20)42(38,39)18-22-8-4-5-13-32-22/h4-5,8-13,15-16,20,33H,3,6-7,14,17-18H2,1-2H3,(H,31,35)/t20-/m0/s1. The molecule has 10 nitrogen and oxygen atoms in total. The lowest BCUT2D eigenvalue weighted by Crippen LogP contribution is -2.40. The van der Waals surface area contributed by atoms with Crippen LogP contribution in [-0.2, 0) is 25.8 Å². The molecule has 42 heavy (non-hydrogen) atoms. The first-order chi connectivity index (χ1) is 20.0. The molecular weight excluding hydrogens is 583 g/mol. The van der Waals surface area contributed by atoms with Gasteiger partial charge in [-0.3, -0.25) is 14.5 Å². The Morgan fingerprint density at radius 3 is 2.55 bits per heavy atom. The lowest BCUT2D eigenvalue weighted by molar-refractivity contribution is 0.0964. The molecule has 1 aliphatic heterocycles. The van der Waals surface area contributed by atoms with Crippen molar-refractivity contribution in [2.24, 2.45) is 0 Å². The summed E-state index contributed by atoms with van der Waals surface area (Å²) in [5.41, 5.74) is 2.16. The monoisotopic (exact) mass is 614 g/mol. The van der Waals surface area contributed by atoms with E-state index in [0.29, 0.717) is 41.6 Å². The average Bonchev–Trinajstić information content (AvgIpc) is 3.35. The highest BCUT2D eigenvalue weighted by Crippen LogP contribution is 2.41. The Labute approximate surface area is 244 Å². The van der Waals surface area contributed by atoms with Gasteiger partial charge in [-0.15, -0.1) is 0 Å². The molecular formula is C29H31FN4O6S2. The third-order valence-electron chi connectivity index (χ3n) is 7.34. The highest BCUT2D eigenvalue weighted by molar-refractivity contribution is 7.92. The first-order valence-corrected chi connectivity index (χ1v) is 16.7. The number of carbonyl (C=O) groups excluding carboxylic acids is 1. The van der Waals surface area contributed by atoms with E-state index in [1.807, 2.05) is 0 Å². The van der Waals surface area contributed by atoms with Crippen LogP contribution in [-0.4, -0.2) is 57.9 Å². The smallest absolute Gasteiger partial charge is 0.255 e. The second kappa shape index (κ2) is 11.8. The van der Waals surface area contributed by atoms with Crippen molar-refractivity contribution in [2.75, 3.05) is 30.6 Å². The lowest BCUT2D eigenvalue weighted by atomic mass is 9.89. The van der Waals surface area contributed by atoms with Crippen LogP contribution in [0.1, 0.15) is 47.3 Å². The molecule has 2 aromatic heterocycles. The molecule has 0 radical (unpaired) electrons. The minimum absolute atomic E-state index is 0.125. The van der Waals surface area contributed by atoms with Crippen LogP contribution in [0.25, 0.3) is 22.3 Å². The molecule has 1 saturated heterocycles. The third kappa shape index (κ3) is 6.18. The van der Waals surface area contributed by atoms with E-state index in [1.54, 1.807) is 30.5 Å². The van der Waals surface area contributed by atoms with Gasteiger partial charge in [0.05, 0.1) is 22.7 Å². The van der Waals surface area contributed by atoms with E-state index in [1.165, 1.54) is 48.6 Å². The van der Waals surface area contributed by atoms with E-state index in [2.05, 4.69) is 15.0 Å². The van der Waals surface area contributed by atoms with Crippen LogP contribution >= 0.6 is 0 Å². The van der Waals surface area contributed by atoms with Gasteiger partial charge in [0, 0.05) is 43.4 Å². The summed E-state index contributed by atoms with van der Waals surface area (Å²) in [6, 6.07) is 13.8. The number of halogens is 1. The largest absolute Gasteiger partial charge is 0.455 e. The predicted molar refractivity (Wildman–Crippen MR) is 158 cm³/mol. The summed E-state index contributed by atoms with van der Waals surface area (Å²) in [6.07, 6.45) is 2.69. The molecule has 1 aliphatic rings. The zero-order valence-electron chi connectivity index (χ0n) is 23.1. The van der Waals surface area contributed by atoms with Crippen LogP contribution in [0.4, 0.5) is 10.1 Å². The number of pyridine rings is 1. The fourth-order valence-corrected chi connectivity index (χ4v) is 7.39. The van der Waals surface area contributed by atoms with Crippen molar-refractivity contribution < 1.29 is 30.4 Å². The Bertz CT molecular complexity index is 1830. The SMILES string of the molecule is CCS(=O)(=O)Nc1cc2oc(-c3ccc(F)cc3)c(C(=O)NC)c2cc1[C@H]1CCCN(S(=O)(=O)Cc2ccccn2)C1. The third-order valence-corrected chi connectivity index (χ3v) is 10.4. The highest BCUT2D eigenvalue weighted by Gasteiger charge is 2.33. The Hall–Kier alpha value is -3.81. The first kappa shape index (κ1) is 29.7. The Kier molecular flexibility index (Phi) is 8.35. The summed E-state index contributed by atoms with van der Waals surface area (Å²) in [7, 11) is -5.96. The molecule has 1 fully saturated rings. The number of furan rings is 1. The maximum absolute atomic E-state index is 13.6. The lowest BCUT2D eigenvalue weighted by Gasteiger charge is -2.33. The fourth-order valence-electron chi connectivity index (χ4n) is 5.19. The number of carbonyl (C=O) groups is 1. The summed E-state index contributed by atoms with van der Waals surface area (Å²) in [4.78, 5) is 17.3. The molecule has 0 bridgehead atoms. The number of hydrogen-bond donors (Lipinski definition) is 2. The van der Waals surface area contributed by atoms with Gasteiger partial charge >= 0.3 is 0 Å². The van der Waals surface area contributed by atoms with Crippen LogP contribution in [0.5, 0.6) is 0 Å². The molecule has 222 valence electrons. The number of piperidine rings is 1. The summed E-state index contributed by atoms with van der Waals surface area (Å²) < 4.78 is 75.9. The highest BCUT2D eigenvalue weighted by atomic mass is 32.2. The van der Waals surface area contributed by atoms with E-state index in [-0.39, 0.29) is 46.6 Å². The molecule has 3 heterocycles. The summed E-state index contributed by atoms with van der Waals surface area (Å²) in [5.74, 6) is -1.49. The number of hydrogen-bond acceptors (Lipinski definition) is 7. The van der Waals surface area contributed by atoms with Gasteiger partial charge in [0.25, 0.3) is 5.91 Å². The normalized spacial score (nSPS) is 16.4. The summed E-state index contributed by atoms with van der Waals surface area (Å²) >= 11 is 0. The van der Waals surface area contributed by atoms with E-state index in [4.69, 9.17) is 4.42 Å². The topological polar surface area (TPSA) is 139 Å². The number of aromatic nitrogens is 1. The second-order valence-corrected chi connectivity index (χ2v) is 14.1. The van der Waals surface area contributed by atoms with Gasteiger partial charge in [-0.2, -0.15) is 0 Å². The van der Waals surface area contributed by atoms with Crippen LogP contribution in [0.15, 0.2) is 65.2 Å². The number of nitrogens with one attached hydrogen (secondary N) is 2. The predicted octanol–water partition coefficient (Wildman–Crippen LogP) is 4.46. The average molecular weight is 615 g/mol. The number of benzene rings is 2. The van der Waals surface area contributed by atoms with Gasteiger partial charge in [0.2, 0.25) is 20.0 Å². The molecule has 2 aromatic carbocycles. The maximum atomic E-state index is 13.6. The van der Waals surface area contributed by atoms with Gasteiger partial charge < -0.3 is 9.73 Å². The molecule has 1 amide bonds. The quantitative estimate of drug-likeness (QED) is 0.284. The molecule has 4 aromatic rings. The number of anilines is 1. The minimum Gasteiger partial charge on any atom is -0.455 e. The number of rotatable bonds is 9. The number of sulfonamides is 2. The van der Waals surface area contributed by atoms with E-state index >= 15 is 0 Å². The molecule has 0 saturated carbocycles. The number of nitrogens with zero attached hydrogens (tertiary/aromatic N) is 2. The molecule has 2 N–H and O–H groups in total. The van der Waals surface area contributed by atoms with E-state index in [0.717, 1.165) is 0 Å². The van der Waals surface area contributed by atoms with Crippen molar-refractivity contribution in [3.05, 3.63) is 83.4 Å². The van der Waals surface area contributed by atoms with Crippen molar-refractivity contribution in [1.29, 1.82) is 0 Å². The zero-order chi connectivity index (χ0) is 30.1. The van der Waals surface area contributed by atoms with Crippen molar-refractivity contribution in [3.63, 3.8) is 0 Å². The van der Waals surface area contributed by atoms with Crippen LogP contribution in [0.3, 0.4) is 0 Å². The van der Waals surface area contributed by atoms with Crippen molar-refractivity contribution in [2.45, 2.75) is 31.4 Å². The van der Waals surface area contributed by atoms with Gasteiger partial charge in [-0.1, -0.05) is 6.07 Å². The van der Waals surface area contributed by atoms with Crippen LogP contribution in [0.2, 0.25) is 0 Å². The van der Waals surface area contributed by atoms with Crippen molar-refractivity contribution in [3.8, 4) is 11.3 Å². The summed E-state index contributed by atoms with van der Waals surface area (Å²) in [6.45, 7) is 1.96. The van der Waals surface area contributed by atoms with Gasteiger partial charge in [-0.25, -0.2) is 25.5 Å². The Balaban J connectivity index is 1.62. The van der Waals surface area contributed by atoms with Crippen LogP contribution in [0, 0.1) is 5.82 Å². The second-order valence-electron chi connectivity index (χ2n) is 10.1. The van der Waals surface area contributed by atoms with Crippen molar-refractivity contribution >= 4 is 42.6 Å². The van der Waals surface area contributed by atoms with Crippen molar-refractivity contribution in [1.82, 2.24) is 14.6 Å². The van der Waals surface area contributed by atoms with Gasteiger partial charge in [0.1, 0.15) is 22.9 Å². The first-order valence-electron chi connectivity index (χ1n) is 13.5. The minimum atomic E-state index is -3.72. The van der Waals surface area contributed by atoms with E-state index in [9.17, 15) is 26.0 Å². The van der Waals surface area contributed by atoms with Crippen LogP contribution < -0.4 is 10.0 Å². The van der Waals surface area contributed by atoms with Gasteiger partial charge in [-0.05, 0) is 73.7 Å². The molecule has 5 rings (SSSR count).